The van der Waals surface area contributed by atoms with Gasteiger partial charge in [-0.2, -0.15) is 5.10 Å². The lowest BCUT2D eigenvalue weighted by Gasteiger charge is -2.07. The summed E-state index contributed by atoms with van der Waals surface area (Å²) in [6.07, 6.45) is 0.165. The zero-order valence-electron chi connectivity index (χ0n) is 19.8. The molecule has 1 amide bonds. The van der Waals surface area contributed by atoms with E-state index in [0.717, 1.165) is 39.4 Å². The maximum atomic E-state index is 13.6. The van der Waals surface area contributed by atoms with Gasteiger partial charge in [0, 0.05) is 33.9 Å². The summed E-state index contributed by atoms with van der Waals surface area (Å²) in [5.41, 5.74) is 6.89. The van der Waals surface area contributed by atoms with Crippen LogP contribution in [0.2, 0.25) is 0 Å². The van der Waals surface area contributed by atoms with Crippen LogP contribution in [0.4, 0.5) is 10.1 Å². The van der Waals surface area contributed by atoms with Crippen LogP contribution >= 0.6 is 0 Å². The van der Waals surface area contributed by atoms with E-state index in [4.69, 9.17) is 0 Å². The number of carbonyl (C=O) groups is 1. The fourth-order valence-electron chi connectivity index (χ4n) is 4.15. The molecule has 0 atom stereocenters. The van der Waals surface area contributed by atoms with E-state index in [1.807, 2.05) is 45.9 Å². The first-order valence-electron chi connectivity index (χ1n) is 11.2. The Morgan fingerprint density at radius 2 is 1.77 bits per heavy atom. The fourth-order valence-corrected chi connectivity index (χ4v) is 4.15. The molecule has 9 heteroatoms. The zero-order chi connectivity index (χ0) is 24.7. The summed E-state index contributed by atoms with van der Waals surface area (Å²) in [5, 5.41) is 7.52. The summed E-state index contributed by atoms with van der Waals surface area (Å²) in [5.74, 6) is 0.569. The van der Waals surface area contributed by atoms with Gasteiger partial charge in [-0.1, -0.05) is 12.1 Å². The lowest BCUT2D eigenvalue weighted by atomic mass is 10.1. The number of aromatic amines is 1. The molecule has 176 valence electrons. The topological polar surface area (TPSA) is 101 Å². The van der Waals surface area contributed by atoms with Crippen molar-refractivity contribution in [1.29, 1.82) is 0 Å². The van der Waals surface area contributed by atoms with Crippen LogP contribution in [0.5, 0.6) is 0 Å². The van der Waals surface area contributed by atoms with Gasteiger partial charge in [-0.15, -0.1) is 0 Å². The van der Waals surface area contributed by atoms with E-state index in [1.54, 1.807) is 22.9 Å². The molecule has 0 radical (unpaired) electrons. The number of nitrogens with one attached hydrogen (secondary N) is 2. The van der Waals surface area contributed by atoms with Gasteiger partial charge in [0.2, 0.25) is 5.91 Å². The van der Waals surface area contributed by atoms with E-state index in [-0.39, 0.29) is 18.1 Å². The Hall–Kier alpha value is -4.40. The molecule has 0 unspecified atom stereocenters. The molecule has 8 nitrogen and oxygen atoms in total. The monoisotopic (exact) mass is 469 g/mol. The Morgan fingerprint density at radius 3 is 2.51 bits per heavy atom. The molecule has 3 aromatic heterocycles. The number of hydrogen-bond acceptors (Lipinski definition) is 5. The summed E-state index contributed by atoms with van der Waals surface area (Å²) in [6, 6.07) is 13.6. The number of rotatable bonds is 5. The zero-order valence-corrected chi connectivity index (χ0v) is 19.8. The van der Waals surface area contributed by atoms with Gasteiger partial charge in [-0.3, -0.25) is 4.79 Å². The minimum Gasteiger partial charge on any atom is -0.338 e. The molecule has 0 bridgehead atoms. The normalized spacial score (nSPS) is 11.2. The summed E-state index contributed by atoms with van der Waals surface area (Å²) in [6.45, 7) is 7.61. The highest BCUT2D eigenvalue weighted by Crippen LogP contribution is 2.24. The number of anilines is 1. The van der Waals surface area contributed by atoms with Crippen LogP contribution in [0.3, 0.4) is 0 Å². The molecular formula is C26H24FN7O. The third-order valence-electron chi connectivity index (χ3n) is 5.80. The smallest absolute Gasteiger partial charge is 0.251 e. The molecule has 2 aromatic carbocycles. The number of H-pyrrole nitrogens is 1. The van der Waals surface area contributed by atoms with Crippen molar-refractivity contribution >= 4 is 22.6 Å². The molecule has 2 N–H and O–H groups in total. The van der Waals surface area contributed by atoms with E-state index in [2.05, 4.69) is 30.4 Å². The minimum absolute atomic E-state index is 0.165. The van der Waals surface area contributed by atoms with Crippen molar-refractivity contribution in [2.24, 2.45) is 0 Å². The summed E-state index contributed by atoms with van der Waals surface area (Å²) < 4.78 is 15.3. The molecule has 0 saturated carbocycles. The Kier molecular flexibility index (Phi) is 5.60. The first-order chi connectivity index (χ1) is 16.8. The molecule has 35 heavy (non-hydrogen) atoms. The average Bonchev–Trinajstić information content (AvgIpc) is 3.34. The minimum atomic E-state index is -0.325. The van der Waals surface area contributed by atoms with Gasteiger partial charge in [0.25, 0.3) is 5.95 Å². The van der Waals surface area contributed by atoms with Gasteiger partial charge in [0.05, 0.1) is 23.1 Å². The van der Waals surface area contributed by atoms with Crippen molar-refractivity contribution < 1.29 is 9.18 Å². The lowest BCUT2D eigenvalue weighted by molar-refractivity contribution is -0.115. The molecular weight excluding hydrogens is 445 g/mol. The lowest BCUT2D eigenvalue weighted by Crippen LogP contribution is -2.15. The van der Waals surface area contributed by atoms with E-state index >= 15 is 0 Å². The van der Waals surface area contributed by atoms with Crippen molar-refractivity contribution in [1.82, 2.24) is 29.7 Å². The highest BCUT2D eigenvalue weighted by Gasteiger charge is 2.18. The van der Waals surface area contributed by atoms with Crippen molar-refractivity contribution in [2.75, 3.05) is 5.32 Å². The Labute approximate surface area is 201 Å². The van der Waals surface area contributed by atoms with Crippen LogP contribution in [-0.4, -0.2) is 35.6 Å². The molecule has 0 aliphatic heterocycles. The summed E-state index contributed by atoms with van der Waals surface area (Å²) in [4.78, 5) is 29.6. The van der Waals surface area contributed by atoms with Gasteiger partial charge >= 0.3 is 0 Å². The second-order valence-corrected chi connectivity index (χ2v) is 8.56. The Bertz CT molecular complexity index is 1560. The van der Waals surface area contributed by atoms with Crippen LogP contribution in [-0.2, 0) is 11.2 Å². The highest BCUT2D eigenvalue weighted by atomic mass is 19.1. The largest absolute Gasteiger partial charge is 0.338 e. The maximum Gasteiger partial charge on any atom is 0.251 e. The first kappa shape index (κ1) is 22.4. The van der Waals surface area contributed by atoms with Crippen molar-refractivity contribution in [3.63, 3.8) is 0 Å². The predicted octanol–water partition coefficient (Wildman–Crippen LogP) is 4.76. The molecule has 0 fully saturated rings. The molecule has 0 aliphatic carbocycles. The number of benzene rings is 2. The number of hydrogen-bond donors (Lipinski definition) is 2. The van der Waals surface area contributed by atoms with Gasteiger partial charge in [0.15, 0.2) is 0 Å². The molecule has 0 aliphatic rings. The number of imidazole rings is 1. The van der Waals surface area contributed by atoms with Crippen LogP contribution in [0.15, 0.2) is 48.5 Å². The third-order valence-corrected chi connectivity index (χ3v) is 5.80. The summed E-state index contributed by atoms with van der Waals surface area (Å²) in [7, 11) is 0. The van der Waals surface area contributed by atoms with E-state index in [9.17, 15) is 9.18 Å². The molecule has 3 heterocycles. The molecule has 5 aromatic rings. The standard InChI is InChI=1S/C26H24FN7O/c1-14-10-15(2)29-26(28-14)34-17(4)21(16(3)33-34)13-24(35)30-20-8-9-22-23(12-20)32-25(31-22)18-6-5-7-19(27)11-18/h5-12H,13H2,1-4H3,(H,30,35)(H,31,32). The van der Waals surface area contributed by atoms with Crippen LogP contribution in [0.25, 0.3) is 28.4 Å². The number of carbonyl (C=O) groups excluding carboxylic acids is 1. The third kappa shape index (κ3) is 4.52. The van der Waals surface area contributed by atoms with E-state index < -0.39 is 0 Å². The van der Waals surface area contributed by atoms with Gasteiger partial charge in [0.1, 0.15) is 11.6 Å². The SMILES string of the molecule is Cc1cc(C)nc(-n2nc(C)c(CC(=O)Nc3ccc4nc(-c5cccc(F)c5)[nH]c4c3)c2C)n1. The molecule has 5 rings (SSSR count). The molecule has 0 saturated heterocycles. The first-order valence-corrected chi connectivity index (χ1v) is 11.2. The van der Waals surface area contributed by atoms with Crippen molar-refractivity contribution in [2.45, 2.75) is 34.1 Å². The number of fused-ring (bicyclic) bond motifs is 1. The Balaban J connectivity index is 1.36. The number of aryl methyl sites for hydroxylation is 3. The predicted molar refractivity (Wildman–Crippen MR) is 132 cm³/mol. The Morgan fingerprint density at radius 1 is 1.00 bits per heavy atom. The molecule has 0 spiro atoms. The van der Waals surface area contributed by atoms with Crippen molar-refractivity contribution in [3.8, 4) is 17.3 Å². The number of amides is 1. The second-order valence-electron chi connectivity index (χ2n) is 8.56. The van der Waals surface area contributed by atoms with Crippen LogP contribution in [0.1, 0.15) is 28.3 Å². The quantitative estimate of drug-likeness (QED) is 0.386. The van der Waals surface area contributed by atoms with Gasteiger partial charge in [-0.25, -0.2) is 24.0 Å². The van der Waals surface area contributed by atoms with Gasteiger partial charge in [-0.05, 0) is 64.1 Å². The fraction of sp³-hybridized carbons (Fsp3) is 0.192. The van der Waals surface area contributed by atoms with Crippen molar-refractivity contribution in [3.05, 3.63) is 82.7 Å². The van der Waals surface area contributed by atoms with Crippen LogP contribution < -0.4 is 5.32 Å². The number of nitrogens with zero attached hydrogens (tertiary/aromatic N) is 5. The van der Waals surface area contributed by atoms with E-state index in [1.165, 1.54) is 12.1 Å². The van der Waals surface area contributed by atoms with E-state index in [0.29, 0.717) is 23.0 Å². The highest BCUT2D eigenvalue weighted by molar-refractivity contribution is 5.94. The maximum absolute atomic E-state index is 13.6. The second kappa shape index (κ2) is 8.75. The number of halogens is 1. The van der Waals surface area contributed by atoms with Gasteiger partial charge < -0.3 is 10.3 Å². The summed E-state index contributed by atoms with van der Waals surface area (Å²) >= 11 is 0. The van der Waals surface area contributed by atoms with Crippen LogP contribution in [0, 0.1) is 33.5 Å². The number of aromatic nitrogens is 6. The average molecular weight is 470 g/mol.